The monoisotopic (exact) mass is 241 g/mol. The van der Waals surface area contributed by atoms with Crippen molar-refractivity contribution in [2.75, 3.05) is 13.2 Å². The zero-order valence-electron chi connectivity index (χ0n) is 10.8. The highest BCUT2D eigenvalue weighted by atomic mass is 16.5. The molecule has 0 bridgehead atoms. The van der Waals surface area contributed by atoms with Crippen molar-refractivity contribution in [3.63, 3.8) is 0 Å². The van der Waals surface area contributed by atoms with Crippen molar-refractivity contribution in [1.82, 2.24) is 5.32 Å². The third-order valence-corrected chi connectivity index (χ3v) is 3.37. The fourth-order valence-corrected chi connectivity index (χ4v) is 2.38. The molecule has 0 aromatic carbocycles. The minimum Gasteiger partial charge on any atom is -0.466 e. The Morgan fingerprint density at radius 1 is 1.18 bits per heavy atom. The first-order valence-electron chi connectivity index (χ1n) is 6.51. The summed E-state index contributed by atoms with van der Waals surface area (Å²) in [6.45, 7) is 4.63. The molecule has 1 fully saturated rings. The van der Waals surface area contributed by atoms with Gasteiger partial charge in [0.15, 0.2) is 0 Å². The molecule has 1 saturated carbocycles. The number of amides is 1. The molecule has 0 radical (unpaired) electrons. The van der Waals surface area contributed by atoms with Crippen LogP contribution in [0.25, 0.3) is 0 Å². The van der Waals surface area contributed by atoms with E-state index in [1.807, 2.05) is 6.92 Å². The first-order chi connectivity index (χ1) is 8.11. The van der Waals surface area contributed by atoms with E-state index in [4.69, 9.17) is 4.74 Å². The molecule has 0 saturated heterocycles. The van der Waals surface area contributed by atoms with Gasteiger partial charge in [-0.3, -0.25) is 9.59 Å². The molecule has 4 heteroatoms. The van der Waals surface area contributed by atoms with Gasteiger partial charge in [0.05, 0.1) is 6.61 Å². The third-order valence-electron chi connectivity index (χ3n) is 3.37. The van der Waals surface area contributed by atoms with Crippen molar-refractivity contribution >= 4 is 11.9 Å². The molecule has 0 aromatic heterocycles. The SMILES string of the molecule is CCOC(=O)C[C@H]1CC[C@H](CNC(C)=O)CC1. The smallest absolute Gasteiger partial charge is 0.306 e. The van der Waals surface area contributed by atoms with Crippen LogP contribution in [0, 0.1) is 11.8 Å². The van der Waals surface area contributed by atoms with Gasteiger partial charge in [0.2, 0.25) is 5.91 Å². The van der Waals surface area contributed by atoms with Gasteiger partial charge in [-0.15, -0.1) is 0 Å². The molecule has 0 unspecified atom stereocenters. The maximum atomic E-state index is 11.3. The highest BCUT2D eigenvalue weighted by Gasteiger charge is 2.23. The molecule has 1 rings (SSSR count). The number of hydrogen-bond donors (Lipinski definition) is 1. The minimum absolute atomic E-state index is 0.0404. The Hall–Kier alpha value is -1.06. The summed E-state index contributed by atoms with van der Waals surface area (Å²) < 4.78 is 4.95. The largest absolute Gasteiger partial charge is 0.466 e. The van der Waals surface area contributed by atoms with Crippen LogP contribution in [0.4, 0.5) is 0 Å². The lowest BCUT2D eigenvalue weighted by Crippen LogP contribution is -2.30. The highest BCUT2D eigenvalue weighted by Crippen LogP contribution is 2.30. The summed E-state index contributed by atoms with van der Waals surface area (Å²) in [5.41, 5.74) is 0. The lowest BCUT2D eigenvalue weighted by molar-refractivity contribution is -0.144. The maximum Gasteiger partial charge on any atom is 0.306 e. The average Bonchev–Trinajstić information content (AvgIpc) is 2.28. The summed E-state index contributed by atoms with van der Waals surface area (Å²) in [7, 11) is 0. The molecule has 1 aliphatic rings. The topological polar surface area (TPSA) is 55.4 Å². The van der Waals surface area contributed by atoms with E-state index in [0.29, 0.717) is 24.9 Å². The van der Waals surface area contributed by atoms with Gasteiger partial charge in [0.25, 0.3) is 0 Å². The molecule has 17 heavy (non-hydrogen) atoms. The molecule has 1 N–H and O–H groups in total. The second kappa shape index (κ2) is 7.30. The molecular formula is C13H23NO3. The lowest BCUT2D eigenvalue weighted by Gasteiger charge is -2.27. The van der Waals surface area contributed by atoms with Crippen molar-refractivity contribution in [2.24, 2.45) is 11.8 Å². The van der Waals surface area contributed by atoms with Crippen LogP contribution >= 0.6 is 0 Å². The Bertz CT molecular complexity index is 257. The number of carbonyl (C=O) groups is 2. The normalized spacial score (nSPS) is 24.1. The molecule has 0 heterocycles. The predicted octanol–water partition coefficient (Wildman–Crippen LogP) is 1.88. The summed E-state index contributed by atoms with van der Waals surface area (Å²) in [4.78, 5) is 22.1. The predicted molar refractivity (Wildman–Crippen MR) is 65.4 cm³/mol. The zero-order chi connectivity index (χ0) is 12.7. The molecule has 0 aliphatic heterocycles. The standard InChI is InChI=1S/C13H23NO3/c1-3-17-13(16)8-11-4-6-12(7-5-11)9-14-10(2)15/h11-12H,3-9H2,1-2H3,(H,14,15)/t11-,12-. The third kappa shape index (κ3) is 5.71. The van der Waals surface area contributed by atoms with Crippen molar-refractivity contribution < 1.29 is 14.3 Å². The Labute approximate surface area is 103 Å². The van der Waals surface area contributed by atoms with Crippen LogP contribution in [0.1, 0.15) is 46.0 Å². The van der Waals surface area contributed by atoms with E-state index in [1.165, 1.54) is 0 Å². The average molecular weight is 241 g/mol. The second-order valence-electron chi connectivity index (χ2n) is 4.83. The second-order valence-corrected chi connectivity index (χ2v) is 4.83. The summed E-state index contributed by atoms with van der Waals surface area (Å²) in [5.74, 6) is 1.02. The van der Waals surface area contributed by atoms with Gasteiger partial charge in [-0.25, -0.2) is 0 Å². The molecular weight excluding hydrogens is 218 g/mol. The van der Waals surface area contributed by atoms with Crippen molar-refractivity contribution in [1.29, 1.82) is 0 Å². The van der Waals surface area contributed by atoms with Gasteiger partial charge in [0.1, 0.15) is 0 Å². The van der Waals surface area contributed by atoms with Gasteiger partial charge in [-0.2, -0.15) is 0 Å². The maximum absolute atomic E-state index is 11.3. The molecule has 4 nitrogen and oxygen atoms in total. The van der Waals surface area contributed by atoms with Crippen molar-refractivity contribution in [3.8, 4) is 0 Å². The van der Waals surface area contributed by atoms with Crippen LogP contribution in [-0.2, 0) is 14.3 Å². The van der Waals surface area contributed by atoms with Crippen LogP contribution in [-0.4, -0.2) is 25.0 Å². The number of carbonyl (C=O) groups excluding carboxylic acids is 2. The first kappa shape index (κ1) is 14.0. The van der Waals surface area contributed by atoms with E-state index in [-0.39, 0.29) is 11.9 Å². The molecule has 0 spiro atoms. The Kier molecular flexibility index (Phi) is 6.01. The van der Waals surface area contributed by atoms with E-state index in [1.54, 1.807) is 6.92 Å². The van der Waals surface area contributed by atoms with Gasteiger partial charge >= 0.3 is 5.97 Å². The van der Waals surface area contributed by atoms with Gasteiger partial charge < -0.3 is 10.1 Å². The van der Waals surface area contributed by atoms with E-state index in [0.717, 1.165) is 32.2 Å². The first-order valence-corrected chi connectivity index (χ1v) is 6.51. The van der Waals surface area contributed by atoms with Crippen LogP contribution in [0.15, 0.2) is 0 Å². The summed E-state index contributed by atoms with van der Waals surface area (Å²) in [5, 5.41) is 2.86. The van der Waals surface area contributed by atoms with Crippen LogP contribution < -0.4 is 5.32 Å². The van der Waals surface area contributed by atoms with E-state index in [9.17, 15) is 9.59 Å². The molecule has 0 atom stereocenters. The van der Waals surface area contributed by atoms with Gasteiger partial charge in [-0.05, 0) is 44.4 Å². The zero-order valence-corrected chi connectivity index (χ0v) is 10.8. The van der Waals surface area contributed by atoms with Gasteiger partial charge in [0, 0.05) is 19.9 Å². The van der Waals surface area contributed by atoms with Crippen LogP contribution in [0.3, 0.4) is 0 Å². The summed E-state index contributed by atoms with van der Waals surface area (Å²) in [6, 6.07) is 0. The molecule has 0 aromatic rings. The number of nitrogens with one attached hydrogen (secondary N) is 1. The van der Waals surface area contributed by atoms with Crippen LogP contribution in [0.2, 0.25) is 0 Å². The summed E-state index contributed by atoms with van der Waals surface area (Å²) >= 11 is 0. The van der Waals surface area contributed by atoms with Crippen LogP contribution in [0.5, 0.6) is 0 Å². The molecule has 1 amide bonds. The number of esters is 1. The minimum atomic E-state index is -0.0715. The molecule has 98 valence electrons. The van der Waals surface area contributed by atoms with Gasteiger partial charge in [-0.1, -0.05) is 0 Å². The summed E-state index contributed by atoms with van der Waals surface area (Å²) in [6.07, 6.45) is 4.90. The Morgan fingerprint density at radius 3 is 2.29 bits per heavy atom. The highest BCUT2D eigenvalue weighted by molar-refractivity contribution is 5.72. The lowest BCUT2D eigenvalue weighted by atomic mass is 9.80. The van der Waals surface area contributed by atoms with E-state index in [2.05, 4.69) is 5.32 Å². The molecule has 1 aliphatic carbocycles. The number of rotatable bonds is 5. The van der Waals surface area contributed by atoms with Crippen molar-refractivity contribution in [2.45, 2.75) is 46.0 Å². The van der Waals surface area contributed by atoms with E-state index < -0.39 is 0 Å². The quantitative estimate of drug-likeness (QED) is 0.748. The number of hydrogen-bond acceptors (Lipinski definition) is 3. The Morgan fingerprint density at radius 2 is 1.76 bits per heavy atom. The fraction of sp³-hybridized carbons (Fsp3) is 0.846. The van der Waals surface area contributed by atoms with Crippen molar-refractivity contribution in [3.05, 3.63) is 0 Å². The fourth-order valence-electron chi connectivity index (χ4n) is 2.38. The number of ether oxygens (including phenoxy) is 1. The van der Waals surface area contributed by atoms with E-state index >= 15 is 0 Å². The Balaban J connectivity index is 2.17.